The van der Waals surface area contributed by atoms with Crippen LogP contribution in [0.4, 0.5) is 14.5 Å². The van der Waals surface area contributed by atoms with E-state index in [1.165, 1.54) is 37.8 Å². The van der Waals surface area contributed by atoms with Gasteiger partial charge in [-0.15, -0.1) is 0 Å². The highest BCUT2D eigenvalue weighted by Gasteiger charge is 2.26. The number of benzene rings is 1. The molecule has 0 bridgehead atoms. The fraction of sp³-hybridized carbons (Fsp3) is 0.588. The second-order valence-corrected chi connectivity index (χ2v) is 8.36. The Morgan fingerprint density at radius 1 is 1.16 bits per heavy atom. The summed E-state index contributed by atoms with van der Waals surface area (Å²) < 4.78 is 47.7. The minimum Gasteiger partial charge on any atom is -0.325 e. The number of likely N-dealkylation sites (N-methyl/N-ethyl adjacent to an activating group) is 1. The maximum Gasteiger partial charge on any atom is 0.341 e. The molecule has 0 aliphatic heterocycles. The number of hydrogen-bond donors (Lipinski definition) is 1. The highest BCUT2D eigenvalue weighted by atomic mass is 32.2. The second kappa shape index (κ2) is 8.71. The molecule has 1 saturated carbocycles. The first-order valence-corrected chi connectivity index (χ1v) is 9.97. The zero-order valence-electron chi connectivity index (χ0n) is 14.2. The highest BCUT2D eigenvalue weighted by Crippen LogP contribution is 2.22. The van der Waals surface area contributed by atoms with Gasteiger partial charge in [0, 0.05) is 11.7 Å². The monoisotopic (exact) mass is 374 g/mol. The second-order valence-electron chi connectivity index (χ2n) is 6.44. The van der Waals surface area contributed by atoms with E-state index in [4.69, 9.17) is 0 Å². The van der Waals surface area contributed by atoms with Gasteiger partial charge in [0.1, 0.15) is 0 Å². The van der Waals surface area contributed by atoms with Crippen molar-refractivity contribution in [2.24, 2.45) is 0 Å². The van der Waals surface area contributed by atoms with Gasteiger partial charge in [-0.1, -0.05) is 25.7 Å². The van der Waals surface area contributed by atoms with E-state index < -0.39 is 20.5 Å². The molecule has 0 spiro atoms. The van der Waals surface area contributed by atoms with Crippen molar-refractivity contribution < 1.29 is 22.0 Å². The first-order chi connectivity index (χ1) is 11.8. The van der Waals surface area contributed by atoms with E-state index in [0.29, 0.717) is 11.7 Å². The number of carbonyl (C=O) groups is 1. The molecule has 1 fully saturated rings. The van der Waals surface area contributed by atoms with Crippen molar-refractivity contribution in [2.75, 3.05) is 18.9 Å². The Balaban J connectivity index is 1.92. The summed E-state index contributed by atoms with van der Waals surface area (Å²) in [7, 11) is -2.69. The molecular weight excluding hydrogens is 350 g/mol. The lowest BCUT2D eigenvalue weighted by Gasteiger charge is -2.26. The third-order valence-electron chi connectivity index (χ3n) is 4.54. The molecule has 1 aromatic carbocycles. The number of anilines is 1. The van der Waals surface area contributed by atoms with Gasteiger partial charge in [-0.05, 0) is 44.2 Å². The number of hydrogen-bond acceptors (Lipinski definition) is 4. The summed E-state index contributed by atoms with van der Waals surface area (Å²) in [4.78, 5) is 13.7. The minimum atomic E-state index is -4.61. The Hall–Kier alpha value is -1.54. The van der Waals surface area contributed by atoms with E-state index in [-0.39, 0.29) is 12.5 Å². The van der Waals surface area contributed by atoms with Crippen LogP contribution in [0.5, 0.6) is 0 Å². The molecule has 8 heteroatoms. The summed E-state index contributed by atoms with van der Waals surface area (Å²) in [6.45, 7) is 0.238. The molecule has 1 N–H and O–H groups in total. The fourth-order valence-electron chi connectivity index (χ4n) is 3.09. The van der Waals surface area contributed by atoms with Gasteiger partial charge in [-0.3, -0.25) is 9.69 Å². The number of amides is 1. The lowest BCUT2D eigenvalue weighted by Crippen LogP contribution is -2.37. The van der Waals surface area contributed by atoms with Gasteiger partial charge in [0.15, 0.2) is 0 Å². The zero-order valence-corrected chi connectivity index (χ0v) is 15.1. The van der Waals surface area contributed by atoms with E-state index in [0.717, 1.165) is 25.0 Å². The van der Waals surface area contributed by atoms with Crippen LogP contribution in [0.2, 0.25) is 0 Å². The smallest absolute Gasteiger partial charge is 0.325 e. The number of carbonyl (C=O) groups excluding carboxylic acids is 1. The topological polar surface area (TPSA) is 66.5 Å². The Morgan fingerprint density at radius 2 is 1.72 bits per heavy atom. The molecule has 0 atom stereocenters. The van der Waals surface area contributed by atoms with Gasteiger partial charge in [0.05, 0.1) is 11.4 Å². The maximum atomic E-state index is 12.5. The predicted molar refractivity (Wildman–Crippen MR) is 92.4 cm³/mol. The molecule has 25 heavy (non-hydrogen) atoms. The van der Waals surface area contributed by atoms with Crippen LogP contribution in [0, 0.1) is 0 Å². The SMILES string of the molecule is CN(CC(=O)Nc1ccc(S(=O)(=O)C(F)F)cc1)C1CCCCCC1. The van der Waals surface area contributed by atoms with E-state index in [9.17, 15) is 22.0 Å². The van der Waals surface area contributed by atoms with E-state index in [2.05, 4.69) is 5.32 Å². The summed E-state index contributed by atoms with van der Waals surface area (Å²) in [6.07, 6.45) is 7.01. The van der Waals surface area contributed by atoms with Crippen LogP contribution in [0.25, 0.3) is 0 Å². The average molecular weight is 374 g/mol. The number of nitrogens with zero attached hydrogens (tertiary/aromatic N) is 1. The third kappa shape index (κ3) is 5.47. The van der Waals surface area contributed by atoms with E-state index in [1.54, 1.807) is 0 Å². The number of nitrogens with one attached hydrogen (secondary N) is 1. The molecule has 5 nitrogen and oxygen atoms in total. The van der Waals surface area contributed by atoms with Crippen LogP contribution in [-0.4, -0.2) is 44.6 Å². The van der Waals surface area contributed by atoms with Crippen LogP contribution >= 0.6 is 0 Å². The molecule has 0 unspecified atom stereocenters. The zero-order chi connectivity index (χ0) is 18.4. The standard InChI is InChI=1S/C17H24F2N2O3S/c1-21(14-6-4-2-3-5-7-14)12-16(22)20-13-8-10-15(11-9-13)25(23,24)17(18)19/h8-11,14,17H,2-7,12H2,1H3,(H,20,22). The normalized spacial score (nSPS) is 16.8. The van der Waals surface area contributed by atoms with Crippen LogP contribution in [0.3, 0.4) is 0 Å². The molecular formula is C17H24F2N2O3S. The van der Waals surface area contributed by atoms with Crippen LogP contribution in [-0.2, 0) is 14.6 Å². The number of rotatable bonds is 6. The Bertz CT molecular complexity index is 670. The van der Waals surface area contributed by atoms with Crippen molar-refractivity contribution in [1.29, 1.82) is 0 Å². The summed E-state index contributed by atoms with van der Waals surface area (Å²) >= 11 is 0. The van der Waals surface area contributed by atoms with Crippen LogP contribution < -0.4 is 5.32 Å². The quantitative estimate of drug-likeness (QED) is 0.776. The van der Waals surface area contributed by atoms with Gasteiger partial charge < -0.3 is 5.32 Å². The van der Waals surface area contributed by atoms with Gasteiger partial charge in [-0.2, -0.15) is 8.78 Å². The Morgan fingerprint density at radius 3 is 2.24 bits per heavy atom. The molecule has 1 aliphatic rings. The summed E-state index contributed by atoms with van der Waals surface area (Å²) in [5.74, 6) is -3.67. The van der Waals surface area contributed by atoms with Gasteiger partial charge in [0.2, 0.25) is 15.7 Å². The number of alkyl halides is 2. The van der Waals surface area contributed by atoms with Crippen molar-refractivity contribution >= 4 is 21.4 Å². The first kappa shape index (κ1) is 19.8. The van der Waals surface area contributed by atoms with Gasteiger partial charge in [0.25, 0.3) is 0 Å². The lowest BCUT2D eigenvalue weighted by molar-refractivity contribution is -0.117. The first-order valence-electron chi connectivity index (χ1n) is 8.43. The van der Waals surface area contributed by atoms with Crippen LogP contribution in [0.15, 0.2) is 29.2 Å². The molecule has 1 aliphatic carbocycles. The van der Waals surface area contributed by atoms with Crippen molar-refractivity contribution in [1.82, 2.24) is 4.90 Å². The van der Waals surface area contributed by atoms with Crippen LogP contribution in [0.1, 0.15) is 38.5 Å². The summed E-state index contributed by atoms with van der Waals surface area (Å²) in [5, 5.41) is 2.67. The lowest BCUT2D eigenvalue weighted by atomic mass is 10.1. The predicted octanol–water partition coefficient (Wildman–Crippen LogP) is 3.28. The van der Waals surface area contributed by atoms with Crippen molar-refractivity contribution in [3.8, 4) is 0 Å². The molecule has 1 amide bonds. The largest absolute Gasteiger partial charge is 0.341 e. The summed E-state index contributed by atoms with van der Waals surface area (Å²) in [6, 6.07) is 5.18. The van der Waals surface area contributed by atoms with Crippen molar-refractivity contribution in [3.05, 3.63) is 24.3 Å². The maximum absolute atomic E-state index is 12.5. The van der Waals surface area contributed by atoms with E-state index >= 15 is 0 Å². The third-order valence-corrected chi connectivity index (χ3v) is 5.94. The molecule has 1 aromatic rings. The Kier molecular flexibility index (Phi) is 6.89. The van der Waals surface area contributed by atoms with Gasteiger partial charge in [-0.25, -0.2) is 8.42 Å². The Labute approximate surface area is 147 Å². The van der Waals surface area contributed by atoms with E-state index in [1.807, 2.05) is 11.9 Å². The average Bonchev–Trinajstić information content (AvgIpc) is 2.84. The molecule has 0 radical (unpaired) electrons. The molecule has 0 aromatic heterocycles. The summed E-state index contributed by atoms with van der Waals surface area (Å²) in [5.41, 5.74) is 0.382. The number of halogens is 2. The molecule has 0 heterocycles. The molecule has 0 saturated heterocycles. The van der Waals surface area contributed by atoms with Crippen molar-refractivity contribution in [2.45, 2.75) is 55.2 Å². The minimum absolute atomic E-state index is 0.212. The van der Waals surface area contributed by atoms with Gasteiger partial charge >= 0.3 is 5.76 Å². The molecule has 2 rings (SSSR count). The fourth-order valence-corrected chi connectivity index (χ4v) is 3.81. The number of sulfone groups is 1. The van der Waals surface area contributed by atoms with Crippen molar-refractivity contribution in [3.63, 3.8) is 0 Å². The highest BCUT2D eigenvalue weighted by molar-refractivity contribution is 7.91. The molecule has 140 valence electrons.